The van der Waals surface area contributed by atoms with Gasteiger partial charge < -0.3 is 10.3 Å². The van der Waals surface area contributed by atoms with Gasteiger partial charge >= 0.3 is 4.84 Å². The fourth-order valence-corrected chi connectivity index (χ4v) is 1.60. The number of hydrogen-bond acceptors (Lipinski definition) is 7. The molecular formula is C9H11N5O2S. The van der Waals surface area contributed by atoms with Crippen LogP contribution >= 0.6 is 12.2 Å². The van der Waals surface area contributed by atoms with E-state index in [1.165, 1.54) is 0 Å². The third kappa shape index (κ3) is 2.61. The zero-order valence-corrected chi connectivity index (χ0v) is 9.57. The molecule has 0 unspecified atom stereocenters. The van der Waals surface area contributed by atoms with Gasteiger partial charge in [-0.2, -0.15) is 10.2 Å². The summed E-state index contributed by atoms with van der Waals surface area (Å²) in [4.78, 5) is 4.12. The van der Waals surface area contributed by atoms with E-state index in [1.54, 1.807) is 18.2 Å². The molecule has 0 fully saturated rings. The number of nitrogens with two attached hydrogens (primary N) is 2. The molecule has 2 aromatic rings. The van der Waals surface area contributed by atoms with Gasteiger partial charge in [0, 0.05) is 6.42 Å². The first-order valence-corrected chi connectivity index (χ1v) is 5.13. The van der Waals surface area contributed by atoms with E-state index >= 15 is 0 Å². The van der Waals surface area contributed by atoms with E-state index in [0.717, 1.165) is 5.56 Å². The Labute approximate surface area is 102 Å². The minimum Gasteiger partial charge on any atom is -0.397 e. The van der Waals surface area contributed by atoms with Gasteiger partial charge in [0.2, 0.25) is 0 Å². The fraction of sp³-hybridized carbons (Fsp3) is 0.111. The smallest absolute Gasteiger partial charge is 0.314 e. The molecule has 1 aromatic carbocycles. The van der Waals surface area contributed by atoms with Gasteiger partial charge in [0.05, 0.1) is 5.69 Å². The van der Waals surface area contributed by atoms with Crippen molar-refractivity contribution in [3.05, 3.63) is 34.4 Å². The van der Waals surface area contributed by atoms with Crippen LogP contribution in [-0.4, -0.2) is 15.3 Å². The monoisotopic (exact) mass is 253 g/mol. The van der Waals surface area contributed by atoms with Gasteiger partial charge in [0.25, 0.3) is 0 Å². The van der Waals surface area contributed by atoms with Gasteiger partial charge in [0.15, 0.2) is 0 Å². The molecule has 6 N–H and O–H groups in total. The quantitative estimate of drug-likeness (QED) is 0.278. The minimum absolute atomic E-state index is 0.160. The molecule has 0 spiro atoms. The first-order valence-electron chi connectivity index (χ1n) is 4.73. The number of nitrogens with zero attached hydrogens (tertiary/aromatic N) is 2. The molecule has 7 nitrogen and oxygen atoms in total. The lowest BCUT2D eigenvalue weighted by Crippen LogP contribution is -2.26. The summed E-state index contributed by atoms with van der Waals surface area (Å²) in [6.07, 6.45) is 0.501. The number of anilines is 2. The number of hydrazine groups is 1. The zero-order valence-electron chi connectivity index (χ0n) is 8.75. The van der Waals surface area contributed by atoms with E-state index in [0.29, 0.717) is 28.8 Å². The maximum absolute atomic E-state index is 9.07. The van der Waals surface area contributed by atoms with Crippen LogP contribution in [0.5, 0.6) is 0 Å². The van der Waals surface area contributed by atoms with Crippen LogP contribution in [0.4, 0.5) is 11.4 Å². The van der Waals surface area contributed by atoms with Crippen molar-refractivity contribution < 1.29 is 9.73 Å². The van der Waals surface area contributed by atoms with Crippen molar-refractivity contribution >= 4 is 23.6 Å². The maximum Gasteiger partial charge on any atom is 0.314 e. The molecule has 0 saturated heterocycles. The topological polar surface area (TPSA) is 117 Å². The third-order valence-electron chi connectivity index (χ3n) is 2.19. The highest BCUT2D eigenvalue weighted by molar-refractivity contribution is 7.71. The summed E-state index contributed by atoms with van der Waals surface area (Å²) >= 11 is 4.74. The lowest BCUT2D eigenvalue weighted by Gasteiger charge is -2.12. The van der Waals surface area contributed by atoms with Crippen LogP contribution in [0, 0.1) is 4.84 Å². The summed E-state index contributed by atoms with van der Waals surface area (Å²) < 4.78 is 4.81. The van der Waals surface area contributed by atoms with Crippen molar-refractivity contribution in [2.45, 2.75) is 6.42 Å². The highest BCUT2D eigenvalue weighted by Gasteiger charge is 2.06. The SMILES string of the molecule is Nc1cc(Cc2nc(=S)o[nH]2)ccc1N(N)O. The zero-order chi connectivity index (χ0) is 12.4. The molecule has 0 saturated carbocycles. The Kier molecular flexibility index (Phi) is 3.09. The predicted molar refractivity (Wildman–Crippen MR) is 63.8 cm³/mol. The highest BCUT2D eigenvalue weighted by Crippen LogP contribution is 2.22. The van der Waals surface area contributed by atoms with Crippen LogP contribution in [0.2, 0.25) is 0 Å². The van der Waals surface area contributed by atoms with Gasteiger partial charge in [-0.3, -0.25) is 5.21 Å². The van der Waals surface area contributed by atoms with Crippen LogP contribution in [0.3, 0.4) is 0 Å². The van der Waals surface area contributed by atoms with Gasteiger partial charge in [-0.15, -0.1) is 0 Å². The van der Waals surface area contributed by atoms with Gasteiger partial charge in [0.1, 0.15) is 11.5 Å². The van der Waals surface area contributed by atoms with Crippen LogP contribution in [0.15, 0.2) is 22.7 Å². The first kappa shape index (κ1) is 11.6. The number of nitrogens with one attached hydrogen (secondary N) is 1. The number of hydrogen-bond donors (Lipinski definition) is 4. The number of H-pyrrole nitrogens is 1. The minimum atomic E-state index is 0.160. The van der Waals surface area contributed by atoms with Crippen LogP contribution in [-0.2, 0) is 6.42 Å². The average Bonchev–Trinajstić information content (AvgIpc) is 2.63. The van der Waals surface area contributed by atoms with Crippen molar-refractivity contribution in [3.8, 4) is 0 Å². The molecule has 0 radical (unpaired) electrons. The molecule has 0 aliphatic heterocycles. The average molecular weight is 253 g/mol. The Bertz CT molecular complexity index is 577. The molecule has 0 aliphatic rings. The predicted octanol–water partition coefficient (Wildman–Crippen LogP) is 0.974. The second-order valence-electron chi connectivity index (χ2n) is 3.44. The van der Waals surface area contributed by atoms with Crippen molar-refractivity contribution in [3.63, 3.8) is 0 Å². The fourth-order valence-electron chi connectivity index (χ4n) is 1.45. The number of nitrogen functional groups attached to an aromatic ring is 1. The van der Waals surface area contributed by atoms with Gasteiger partial charge in [-0.25, -0.2) is 11.0 Å². The Morgan fingerprint density at radius 3 is 2.82 bits per heavy atom. The van der Waals surface area contributed by atoms with Crippen LogP contribution in [0.1, 0.15) is 11.4 Å². The standard InChI is InChI=1S/C9H11N5O2S/c10-6-3-5(1-2-7(6)14(11)15)4-8-12-9(17)16-13-8/h1-3,15H,4,10-11H2,(H,12,13,17). The highest BCUT2D eigenvalue weighted by atomic mass is 32.1. The lowest BCUT2D eigenvalue weighted by atomic mass is 10.1. The molecule has 2 rings (SSSR count). The lowest BCUT2D eigenvalue weighted by molar-refractivity contribution is 0.258. The molecule has 17 heavy (non-hydrogen) atoms. The summed E-state index contributed by atoms with van der Waals surface area (Å²) in [6.45, 7) is 0. The molecule has 8 heteroatoms. The molecule has 0 bridgehead atoms. The molecule has 1 aromatic heterocycles. The Morgan fingerprint density at radius 1 is 1.53 bits per heavy atom. The van der Waals surface area contributed by atoms with Crippen molar-refractivity contribution in [1.82, 2.24) is 10.1 Å². The van der Waals surface area contributed by atoms with Crippen LogP contribution < -0.4 is 16.7 Å². The number of rotatable bonds is 3. The number of aromatic nitrogens is 2. The molecule has 90 valence electrons. The van der Waals surface area contributed by atoms with E-state index < -0.39 is 0 Å². The maximum atomic E-state index is 9.07. The second-order valence-corrected chi connectivity index (χ2v) is 3.79. The van der Waals surface area contributed by atoms with E-state index in [1.807, 2.05) is 0 Å². The summed E-state index contributed by atoms with van der Waals surface area (Å²) in [5.74, 6) is 5.79. The molecule has 0 atom stereocenters. The first-order chi connectivity index (χ1) is 8.06. The van der Waals surface area contributed by atoms with Crippen molar-refractivity contribution in [2.24, 2.45) is 5.84 Å². The van der Waals surface area contributed by atoms with Crippen molar-refractivity contribution in [2.75, 3.05) is 10.9 Å². The van der Waals surface area contributed by atoms with E-state index in [-0.39, 0.29) is 4.84 Å². The Balaban J connectivity index is 2.23. The Hall–Kier alpha value is -1.90. The molecule has 0 aliphatic carbocycles. The summed E-state index contributed by atoms with van der Waals surface area (Å²) in [7, 11) is 0. The summed E-state index contributed by atoms with van der Waals surface area (Å²) in [5, 5.41) is 12.1. The number of aromatic amines is 1. The van der Waals surface area contributed by atoms with E-state index in [2.05, 4.69) is 10.1 Å². The molecular weight excluding hydrogens is 242 g/mol. The largest absolute Gasteiger partial charge is 0.397 e. The summed E-state index contributed by atoms with van der Waals surface area (Å²) in [5.41, 5.74) is 7.33. The summed E-state index contributed by atoms with van der Waals surface area (Å²) in [6, 6.07) is 5.07. The normalized spacial score (nSPS) is 10.5. The second kappa shape index (κ2) is 4.53. The molecule has 0 amide bonds. The van der Waals surface area contributed by atoms with E-state index in [9.17, 15) is 0 Å². The van der Waals surface area contributed by atoms with Gasteiger partial charge in [-0.05, 0) is 29.9 Å². The number of benzene rings is 1. The van der Waals surface area contributed by atoms with Crippen LogP contribution in [0.25, 0.3) is 0 Å². The van der Waals surface area contributed by atoms with Crippen molar-refractivity contribution in [1.29, 1.82) is 0 Å². The van der Waals surface area contributed by atoms with Gasteiger partial charge in [-0.1, -0.05) is 6.07 Å². The molecule has 1 heterocycles. The third-order valence-corrected chi connectivity index (χ3v) is 2.37. The van der Waals surface area contributed by atoms with E-state index in [4.69, 9.17) is 33.5 Å². The Morgan fingerprint density at radius 2 is 2.29 bits per heavy atom.